The summed E-state index contributed by atoms with van der Waals surface area (Å²) >= 11 is 0. The van der Waals surface area contributed by atoms with Crippen LogP contribution in [0, 0.1) is 17.3 Å². The van der Waals surface area contributed by atoms with Gasteiger partial charge < -0.3 is 9.84 Å². The summed E-state index contributed by atoms with van der Waals surface area (Å²) in [5, 5.41) is 11.1. The van der Waals surface area contributed by atoms with Crippen molar-refractivity contribution < 1.29 is 14.6 Å². The van der Waals surface area contributed by atoms with E-state index in [2.05, 4.69) is 13.5 Å². The number of carbonyl (C=O) groups excluding carboxylic acids is 1. The first-order valence-electron chi connectivity index (χ1n) is 6.98. The van der Waals surface area contributed by atoms with Crippen LogP contribution in [-0.4, -0.2) is 22.8 Å². The minimum Gasteiger partial charge on any atom is -0.462 e. The van der Waals surface area contributed by atoms with E-state index < -0.39 is 5.60 Å². The Kier molecular flexibility index (Phi) is 2.44. The molecule has 0 spiro atoms. The fourth-order valence-electron chi connectivity index (χ4n) is 4.32. The molecule has 0 radical (unpaired) electrons. The highest BCUT2D eigenvalue weighted by atomic mass is 16.6. The summed E-state index contributed by atoms with van der Waals surface area (Å²) in [6, 6.07) is 0. The van der Waals surface area contributed by atoms with Gasteiger partial charge in [0.15, 0.2) is 0 Å². The Labute approximate surface area is 108 Å². The standard InChI is InChI=1S/C15H22O3/c1-9-5-4-6-14(3)8-12-11(7-15(9,14)17)10(2)13(16)18-12/h10-12,17H,1,4-8H2,2-3H3/t10-,11-,12-,14-,15+/m0/s1. The molecule has 18 heavy (non-hydrogen) atoms. The first-order chi connectivity index (χ1) is 8.37. The minimum atomic E-state index is -0.797. The van der Waals surface area contributed by atoms with Crippen molar-refractivity contribution in [2.45, 2.75) is 57.7 Å². The molecule has 3 fully saturated rings. The van der Waals surface area contributed by atoms with Gasteiger partial charge in [-0.05, 0) is 37.7 Å². The second-order valence-corrected chi connectivity index (χ2v) is 6.71. The number of ether oxygens (including phenoxy) is 1. The second-order valence-electron chi connectivity index (χ2n) is 6.71. The van der Waals surface area contributed by atoms with Crippen LogP contribution >= 0.6 is 0 Å². The molecule has 3 nitrogen and oxygen atoms in total. The number of aliphatic hydroxyl groups is 1. The molecule has 100 valence electrons. The third-order valence-electron chi connectivity index (χ3n) is 5.73. The predicted octanol–water partition coefficient (Wildman–Crippen LogP) is 2.44. The van der Waals surface area contributed by atoms with Crippen LogP contribution in [-0.2, 0) is 9.53 Å². The highest BCUT2D eigenvalue weighted by molar-refractivity contribution is 5.75. The molecule has 5 atom stereocenters. The summed E-state index contributed by atoms with van der Waals surface area (Å²) < 4.78 is 5.49. The van der Waals surface area contributed by atoms with Gasteiger partial charge in [-0.1, -0.05) is 20.4 Å². The SMILES string of the molecule is C=C1CCC[C@@]2(C)C[C@@H]3OC(=O)[C@@H](C)[C@@H]3C[C@@]12O. The molecule has 1 N–H and O–H groups in total. The highest BCUT2D eigenvalue weighted by Gasteiger charge is 2.60. The zero-order valence-electron chi connectivity index (χ0n) is 11.2. The third-order valence-corrected chi connectivity index (χ3v) is 5.73. The number of rotatable bonds is 0. The van der Waals surface area contributed by atoms with Crippen LogP contribution in [0.2, 0.25) is 0 Å². The molecule has 1 heterocycles. The van der Waals surface area contributed by atoms with Gasteiger partial charge >= 0.3 is 5.97 Å². The van der Waals surface area contributed by atoms with Crippen molar-refractivity contribution in [3.63, 3.8) is 0 Å². The molecule has 3 aliphatic rings. The summed E-state index contributed by atoms with van der Waals surface area (Å²) in [7, 11) is 0. The van der Waals surface area contributed by atoms with Crippen LogP contribution in [0.25, 0.3) is 0 Å². The zero-order chi connectivity index (χ0) is 13.1. The van der Waals surface area contributed by atoms with Crippen molar-refractivity contribution >= 4 is 5.97 Å². The molecule has 2 aliphatic carbocycles. The van der Waals surface area contributed by atoms with Crippen molar-refractivity contribution in [1.29, 1.82) is 0 Å². The molecule has 3 rings (SSSR count). The van der Waals surface area contributed by atoms with E-state index in [4.69, 9.17) is 4.74 Å². The molecule has 0 aromatic carbocycles. The molecule has 1 aliphatic heterocycles. The van der Waals surface area contributed by atoms with Gasteiger partial charge in [0.25, 0.3) is 0 Å². The molecule has 1 saturated heterocycles. The first-order valence-corrected chi connectivity index (χ1v) is 6.98. The predicted molar refractivity (Wildman–Crippen MR) is 67.8 cm³/mol. The molecule has 0 bridgehead atoms. The quantitative estimate of drug-likeness (QED) is 0.530. The first kappa shape index (κ1) is 12.2. The van der Waals surface area contributed by atoms with Gasteiger partial charge in [0.05, 0.1) is 11.5 Å². The van der Waals surface area contributed by atoms with Gasteiger partial charge in [-0.2, -0.15) is 0 Å². The van der Waals surface area contributed by atoms with Gasteiger partial charge in [0.2, 0.25) is 0 Å². The topological polar surface area (TPSA) is 46.5 Å². The van der Waals surface area contributed by atoms with Crippen LogP contribution in [0.3, 0.4) is 0 Å². The third kappa shape index (κ3) is 1.37. The van der Waals surface area contributed by atoms with Gasteiger partial charge in [0, 0.05) is 11.3 Å². The Hall–Kier alpha value is -0.830. The molecular weight excluding hydrogens is 228 g/mol. The van der Waals surface area contributed by atoms with E-state index in [0.29, 0.717) is 6.42 Å². The van der Waals surface area contributed by atoms with Crippen LogP contribution in [0.1, 0.15) is 46.0 Å². The van der Waals surface area contributed by atoms with Crippen molar-refractivity contribution in [1.82, 2.24) is 0 Å². The maximum Gasteiger partial charge on any atom is 0.309 e. The van der Waals surface area contributed by atoms with E-state index in [-0.39, 0.29) is 29.3 Å². The number of esters is 1. The monoisotopic (exact) mass is 250 g/mol. The summed E-state index contributed by atoms with van der Waals surface area (Å²) in [6.07, 6.45) is 4.41. The maximum atomic E-state index is 11.7. The number of hydrogen-bond acceptors (Lipinski definition) is 3. The largest absolute Gasteiger partial charge is 0.462 e. The Morgan fingerprint density at radius 3 is 2.89 bits per heavy atom. The lowest BCUT2D eigenvalue weighted by Crippen LogP contribution is -2.57. The number of fused-ring (bicyclic) bond motifs is 2. The van der Waals surface area contributed by atoms with Gasteiger partial charge in [-0.3, -0.25) is 4.79 Å². The average molecular weight is 250 g/mol. The Morgan fingerprint density at radius 2 is 2.17 bits per heavy atom. The minimum absolute atomic E-state index is 0.00340. The normalized spacial score (nSPS) is 51.6. The van der Waals surface area contributed by atoms with E-state index in [0.717, 1.165) is 31.3 Å². The summed E-state index contributed by atoms with van der Waals surface area (Å²) in [4.78, 5) is 11.7. The van der Waals surface area contributed by atoms with Crippen LogP contribution in [0.4, 0.5) is 0 Å². The molecular formula is C15H22O3. The number of hydrogen-bond donors (Lipinski definition) is 1. The molecule has 2 saturated carbocycles. The average Bonchev–Trinajstić information content (AvgIpc) is 2.55. The van der Waals surface area contributed by atoms with Crippen LogP contribution in [0.5, 0.6) is 0 Å². The molecule has 3 heteroatoms. The van der Waals surface area contributed by atoms with Crippen LogP contribution < -0.4 is 0 Å². The van der Waals surface area contributed by atoms with Crippen molar-refractivity contribution in [3.05, 3.63) is 12.2 Å². The van der Waals surface area contributed by atoms with Crippen molar-refractivity contribution in [2.75, 3.05) is 0 Å². The smallest absolute Gasteiger partial charge is 0.309 e. The number of carbonyl (C=O) groups is 1. The summed E-state index contributed by atoms with van der Waals surface area (Å²) in [6.45, 7) is 8.15. The molecule has 0 aromatic rings. The summed E-state index contributed by atoms with van der Waals surface area (Å²) in [5.41, 5.74) is -0.0103. The maximum absolute atomic E-state index is 11.7. The Morgan fingerprint density at radius 1 is 1.44 bits per heavy atom. The van der Waals surface area contributed by atoms with E-state index in [1.165, 1.54) is 0 Å². The lowest BCUT2D eigenvalue weighted by molar-refractivity contribution is -0.155. The molecule has 0 amide bonds. The lowest BCUT2D eigenvalue weighted by atomic mass is 9.52. The van der Waals surface area contributed by atoms with Gasteiger partial charge in [0.1, 0.15) is 6.10 Å². The highest BCUT2D eigenvalue weighted by Crippen LogP contribution is 2.59. The van der Waals surface area contributed by atoms with Crippen LogP contribution in [0.15, 0.2) is 12.2 Å². The molecule has 0 aromatic heterocycles. The lowest BCUT2D eigenvalue weighted by Gasteiger charge is -2.55. The van der Waals surface area contributed by atoms with Crippen molar-refractivity contribution in [2.24, 2.45) is 17.3 Å². The van der Waals surface area contributed by atoms with E-state index in [9.17, 15) is 9.90 Å². The Balaban J connectivity index is 1.97. The summed E-state index contributed by atoms with van der Waals surface area (Å²) in [5.74, 6) is -0.0230. The fourth-order valence-corrected chi connectivity index (χ4v) is 4.32. The van der Waals surface area contributed by atoms with E-state index in [1.807, 2.05) is 6.92 Å². The van der Waals surface area contributed by atoms with Gasteiger partial charge in [-0.25, -0.2) is 0 Å². The Bertz CT molecular complexity index is 416. The van der Waals surface area contributed by atoms with Gasteiger partial charge in [-0.15, -0.1) is 0 Å². The second kappa shape index (κ2) is 3.60. The zero-order valence-corrected chi connectivity index (χ0v) is 11.2. The fraction of sp³-hybridized carbons (Fsp3) is 0.800. The van der Waals surface area contributed by atoms with E-state index in [1.54, 1.807) is 0 Å². The molecule has 0 unspecified atom stereocenters. The van der Waals surface area contributed by atoms with Crippen molar-refractivity contribution in [3.8, 4) is 0 Å². The van der Waals surface area contributed by atoms with E-state index >= 15 is 0 Å².